The highest BCUT2D eigenvalue weighted by Crippen LogP contribution is 2.64. The normalized spacial score (nSPS) is 25.0. The Kier molecular flexibility index (Phi) is 4.97. The monoisotopic (exact) mass is 428 g/mol. The summed E-state index contributed by atoms with van der Waals surface area (Å²) in [6, 6.07) is 9.57. The molecule has 30 heavy (non-hydrogen) atoms. The highest BCUT2D eigenvalue weighted by atomic mass is 35.5. The molecule has 2 atom stereocenters. The molecule has 2 aromatic rings. The summed E-state index contributed by atoms with van der Waals surface area (Å²) in [4.78, 5) is 13.4. The lowest BCUT2D eigenvalue weighted by molar-refractivity contribution is -0.122. The maximum atomic E-state index is 14.2. The van der Waals surface area contributed by atoms with E-state index in [-0.39, 0.29) is 33.6 Å². The molecule has 0 aliphatic heterocycles. The molecule has 1 N–H and O–H groups in total. The second kappa shape index (κ2) is 7.12. The zero-order valence-corrected chi connectivity index (χ0v) is 18.4. The van der Waals surface area contributed by atoms with E-state index >= 15 is 0 Å². The fourth-order valence-electron chi connectivity index (χ4n) is 5.06. The van der Waals surface area contributed by atoms with E-state index in [0.717, 1.165) is 18.4 Å². The molecular formula is C25H26ClFO3. The van der Waals surface area contributed by atoms with Crippen LogP contribution in [0.2, 0.25) is 5.02 Å². The van der Waals surface area contributed by atoms with Gasteiger partial charge in [-0.25, -0.2) is 4.39 Å². The van der Waals surface area contributed by atoms with Crippen molar-refractivity contribution in [1.29, 1.82) is 0 Å². The van der Waals surface area contributed by atoms with Crippen molar-refractivity contribution >= 4 is 23.0 Å². The third-order valence-electron chi connectivity index (χ3n) is 7.40. The van der Waals surface area contributed by atoms with Crippen LogP contribution in [-0.4, -0.2) is 10.9 Å². The first-order valence-corrected chi connectivity index (χ1v) is 10.7. The van der Waals surface area contributed by atoms with Gasteiger partial charge in [-0.15, -0.1) is 0 Å². The number of fused-ring (bicyclic) bond motifs is 2. The number of allylic oxidation sites excluding steroid dienone is 2. The van der Waals surface area contributed by atoms with Crippen molar-refractivity contribution in [2.45, 2.75) is 47.0 Å². The average Bonchev–Trinajstić information content (AvgIpc) is 2.87. The van der Waals surface area contributed by atoms with Crippen molar-refractivity contribution in [1.82, 2.24) is 0 Å². The second-order valence-corrected chi connectivity index (χ2v) is 9.52. The molecule has 0 radical (unpaired) electrons. The highest BCUT2D eigenvalue weighted by molar-refractivity contribution is 6.30. The van der Waals surface area contributed by atoms with Crippen LogP contribution in [0.5, 0.6) is 11.5 Å². The third kappa shape index (κ3) is 2.96. The number of ketones is 1. The molecule has 2 aliphatic carbocycles. The van der Waals surface area contributed by atoms with Gasteiger partial charge in [0.2, 0.25) is 0 Å². The highest BCUT2D eigenvalue weighted by Gasteiger charge is 2.61. The topological polar surface area (TPSA) is 46.5 Å². The zero-order valence-electron chi connectivity index (χ0n) is 17.7. The molecule has 0 aromatic heterocycles. The number of rotatable bonds is 4. The van der Waals surface area contributed by atoms with E-state index in [1.165, 1.54) is 12.1 Å². The number of carbonyl (C=O) groups is 1. The molecule has 158 valence electrons. The number of ether oxygens (including phenoxy) is 1. The molecule has 2 aliphatic rings. The van der Waals surface area contributed by atoms with Gasteiger partial charge in [0.25, 0.3) is 0 Å². The number of hydrogen-bond donors (Lipinski definition) is 1. The quantitative estimate of drug-likeness (QED) is 0.563. The number of Topliss-reactive ketones (excluding diaryl/α,β-unsaturated/α-hetero) is 1. The molecule has 2 aromatic carbocycles. The van der Waals surface area contributed by atoms with Gasteiger partial charge in [-0.05, 0) is 66.1 Å². The van der Waals surface area contributed by atoms with E-state index < -0.39 is 11.2 Å². The minimum Gasteiger partial charge on any atom is -0.511 e. The number of aliphatic hydroxyl groups is 1. The maximum Gasteiger partial charge on any atom is 0.170 e. The Morgan fingerprint density at radius 3 is 2.60 bits per heavy atom. The van der Waals surface area contributed by atoms with Gasteiger partial charge in [0.15, 0.2) is 17.3 Å². The van der Waals surface area contributed by atoms with Crippen molar-refractivity contribution in [3.8, 4) is 11.5 Å². The molecule has 0 spiro atoms. The molecule has 1 saturated carbocycles. The van der Waals surface area contributed by atoms with Gasteiger partial charge < -0.3 is 9.84 Å². The average molecular weight is 429 g/mol. The Bertz CT molecular complexity index is 1070. The van der Waals surface area contributed by atoms with Crippen molar-refractivity contribution in [2.75, 3.05) is 0 Å². The fourth-order valence-corrected chi connectivity index (χ4v) is 5.21. The minimum atomic E-state index is -0.563. The molecule has 3 nitrogen and oxygen atoms in total. The summed E-state index contributed by atoms with van der Waals surface area (Å²) in [5.41, 5.74) is 1.24. The van der Waals surface area contributed by atoms with E-state index in [4.69, 9.17) is 16.3 Å². The van der Waals surface area contributed by atoms with Crippen molar-refractivity contribution in [3.63, 3.8) is 0 Å². The van der Waals surface area contributed by atoms with Crippen LogP contribution >= 0.6 is 11.6 Å². The van der Waals surface area contributed by atoms with Crippen LogP contribution < -0.4 is 4.74 Å². The van der Waals surface area contributed by atoms with Crippen LogP contribution in [0, 0.1) is 22.6 Å². The van der Waals surface area contributed by atoms with Crippen LogP contribution in [0.15, 0.2) is 42.2 Å². The van der Waals surface area contributed by atoms with Gasteiger partial charge in [-0.1, -0.05) is 45.4 Å². The third-order valence-corrected chi connectivity index (χ3v) is 7.64. The SMILES string of the molecule is CCc1ccc(Oc2ccc(Cl)cc2F)cc1C1=C(O)[C@@]2(C)CC[C@H](C1=O)C2(C)C. The van der Waals surface area contributed by atoms with E-state index in [2.05, 4.69) is 13.8 Å². The smallest absolute Gasteiger partial charge is 0.170 e. The Morgan fingerprint density at radius 1 is 1.20 bits per heavy atom. The van der Waals surface area contributed by atoms with Gasteiger partial charge in [-0.2, -0.15) is 0 Å². The van der Waals surface area contributed by atoms with Gasteiger partial charge >= 0.3 is 0 Å². The molecule has 2 bridgehead atoms. The van der Waals surface area contributed by atoms with Crippen LogP contribution in [0.4, 0.5) is 4.39 Å². The Morgan fingerprint density at radius 2 is 1.93 bits per heavy atom. The molecule has 0 amide bonds. The Labute approximate surface area is 181 Å². The zero-order chi connectivity index (χ0) is 21.8. The maximum absolute atomic E-state index is 14.2. The van der Waals surface area contributed by atoms with Crippen molar-refractivity contribution in [2.24, 2.45) is 16.7 Å². The first kappa shape index (κ1) is 20.9. The number of aliphatic hydroxyl groups excluding tert-OH is 1. The van der Waals surface area contributed by atoms with E-state index in [9.17, 15) is 14.3 Å². The van der Waals surface area contributed by atoms with E-state index in [0.29, 0.717) is 23.3 Å². The van der Waals surface area contributed by atoms with Crippen LogP contribution in [0.1, 0.15) is 51.7 Å². The number of aryl methyl sites for hydroxylation is 1. The fraction of sp³-hybridized carbons (Fsp3) is 0.400. The molecule has 0 unspecified atom stereocenters. The Hall–Kier alpha value is -2.33. The van der Waals surface area contributed by atoms with Crippen molar-refractivity contribution in [3.05, 3.63) is 64.1 Å². The summed E-state index contributed by atoms with van der Waals surface area (Å²) in [7, 11) is 0. The predicted octanol–water partition coefficient (Wildman–Crippen LogP) is 7.13. The Balaban J connectivity index is 1.82. The minimum absolute atomic E-state index is 0.0167. The number of benzene rings is 2. The first-order valence-electron chi connectivity index (χ1n) is 10.3. The lowest BCUT2D eigenvalue weighted by atomic mass is 9.58. The summed E-state index contributed by atoms with van der Waals surface area (Å²) in [6.45, 7) is 8.19. The first-order chi connectivity index (χ1) is 14.1. The van der Waals surface area contributed by atoms with Crippen LogP contribution in [0.3, 0.4) is 0 Å². The summed E-state index contributed by atoms with van der Waals surface area (Å²) >= 11 is 5.82. The standard InChI is InChI=1S/C25H26ClFO3/c1-5-14-6-8-16(30-20-9-7-15(26)12-19(20)27)13-17(14)21-22(28)18-10-11-25(4,23(21)29)24(18,2)3/h6-9,12-13,18,29H,5,10-11H2,1-4H3/t18-,25-/m1/s1. The van der Waals surface area contributed by atoms with Gasteiger partial charge in [0, 0.05) is 16.4 Å². The predicted molar refractivity (Wildman–Crippen MR) is 116 cm³/mol. The lowest BCUT2D eigenvalue weighted by Gasteiger charge is -2.45. The molecule has 0 heterocycles. The van der Waals surface area contributed by atoms with Crippen molar-refractivity contribution < 1.29 is 19.0 Å². The molecule has 0 saturated heterocycles. The molecule has 1 fully saturated rings. The molecular weight excluding hydrogens is 403 g/mol. The van der Waals surface area contributed by atoms with Gasteiger partial charge in [0.1, 0.15) is 11.5 Å². The number of hydrogen-bond acceptors (Lipinski definition) is 3. The summed E-state index contributed by atoms with van der Waals surface area (Å²) in [5, 5.41) is 11.6. The van der Waals surface area contributed by atoms with Crippen LogP contribution in [-0.2, 0) is 11.2 Å². The van der Waals surface area contributed by atoms with Gasteiger partial charge in [0.05, 0.1) is 5.57 Å². The summed E-state index contributed by atoms with van der Waals surface area (Å²) < 4.78 is 19.9. The second-order valence-electron chi connectivity index (χ2n) is 9.08. The number of carbonyl (C=O) groups excluding carboxylic acids is 1. The van der Waals surface area contributed by atoms with Crippen LogP contribution in [0.25, 0.3) is 5.57 Å². The molecule has 5 heteroatoms. The summed E-state index contributed by atoms with van der Waals surface area (Å²) in [6.07, 6.45) is 2.24. The van der Waals surface area contributed by atoms with Gasteiger partial charge in [-0.3, -0.25) is 4.79 Å². The summed E-state index contributed by atoms with van der Waals surface area (Å²) in [5.74, 6) is -0.0920. The molecule has 4 rings (SSSR count). The number of halogens is 2. The van der Waals surface area contributed by atoms with E-state index in [1.54, 1.807) is 18.2 Å². The lowest BCUT2D eigenvalue weighted by Crippen LogP contribution is -2.43. The van der Waals surface area contributed by atoms with E-state index in [1.807, 2.05) is 19.9 Å². The largest absolute Gasteiger partial charge is 0.511 e.